The minimum absolute atomic E-state index is 0.0284. The SMILES string of the molecule is CC(=O)O[C@@]1(C)CCC(=O)[C@@H](C)CCC[C@]2(C)OC2C(=O)C(=C(C)C)CC1. The molecule has 5 heteroatoms. The van der Waals surface area contributed by atoms with Crippen molar-refractivity contribution in [2.45, 2.75) is 104 Å². The van der Waals surface area contributed by atoms with Crippen molar-refractivity contribution in [1.82, 2.24) is 0 Å². The Morgan fingerprint density at radius 1 is 1.07 bits per heavy atom. The van der Waals surface area contributed by atoms with Crippen molar-refractivity contribution in [3.05, 3.63) is 11.1 Å². The van der Waals surface area contributed by atoms with Gasteiger partial charge in [0.15, 0.2) is 5.78 Å². The third-order valence-corrected chi connectivity index (χ3v) is 6.08. The Morgan fingerprint density at radius 2 is 1.70 bits per heavy atom. The minimum atomic E-state index is -0.750. The molecule has 1 saturated carbocycles. The molecule has 27 heavy (non-hydrogen) atoms. The van der Waals surface area contributed by atoms with E-state index in [0.717, 1.165) is 30.4 Å². The van der Waals surface area contributed by atoms with Crippen LogP contribution in [0, 0.1) is 5.92 Å². The zero-order valence-corrected chi connectivity index (χ0v) is 17.6. The highest BCUT2D eigenvalue weighted by atomic mass is 16.6. The Labute approximate surface area is 162 Å². The van der Waals surface area contributed by atoms with Gasteiger partial charge in [0.25, 0.3) is 0 Å². The third kappa shape index (κ3) is 5.50. The molecule has 0 bridgehead atoms. The maximum absolute atomic E-state index is 13.0. The normalized spacial score (nSPS) is 35.9. The molecule has 2 aliphatic rings. The van der Waals surface area contributed by atoms with Crippen LogP contribution in [-0.4, -0.2) is 34.8 Å². The Hall–Kier alpha value is -1.49. The molecule has 0 N–H and O–H groups in total. The molecule has 1 aliphatic heterocycles. The summed E-state index contributed by atoms with van der Waals surface area (Å²) in [6.07, 6.45) is 3.96. The maximum Gasteiger partial charge on any atom is 0.303 e. The summed E-state index contributed by atoms with van der Waals surface area (Å²) in [5.74, 6) is -0.118. The molecule has 0 amide bonds. The monoisotopic (exact) mass is 378 g/mol. The predicted octanol–water partition coefficient (Wildman–Crippen LogP) is 4.32. The van der Waals surface area contributed by atoms with Gasteiger partial charge in [-0.3, -0.25) is 14.4 Å². The van der Waals surface area contributed by atoms with E-state index in [1.807, 2.05) is 34.6 Å². The maximum atomic E-state index is 13.0. The van der Waals surface area contributed by atoms with Crippen LogP contribution in [0.2, 0.25) is 0 Å². The van der Waals surface area contributed by atoms with E-state index in [2.05, 4.69) is 0 Å². The first-order chi connectivity index (χ1) is 12.5. The number of carbonyl (C=O) groups excluding carboxylic acids is 3. The first kappa shape index (κ1) is 21.8. The first-order valence-electron chi connectivity index (χ1n) is 10.1. The standard InChI is InChI=1S/C22H34O5/c1-14(2)17-9-12-21(5,26-16(4)23)13-10-18(24)15(3)8-7-11-22(6)20(27-22)19(17)25/h15,20H,7-13H2,1-6H3/t15-,20?,21+,22-/m0/s1. The van der Waals surface area contributed by atoms with E-state index in [1.165, 1.54) is 6.92 Å². The summed E-state index contributed by atoms with van der Waals surface area (Å²) in [5, 5.41) is 0. The van der Waals surface area contributed by atoms with Crippen LogP contribution in [-0.2, 0) is 23.9 Å². The number of allylic oxidation sites excluding steroid dienone is 1. The average Bonchev–Trinajstić information content (AvgIpc) is 3.22. The number of hydrogen-bond acceptors (Lipinski definition) is 5. The molecule has 4 atom stereocenters. The number of hydrogen-bond donors (Lipinski definition) is 0. The van der Waals surface area contributed by atoms with E-state index in [-0.39, 0.29) is 23.5 Å². The largest absolute Gasteiger partial charge is 0.460 e. The van der Waals surface area contributed by atoms with Gasteiger partial charge in [0.1, 0.15) is 23.1 Å². The first-order valence-corrected chi connectivity index (χ1v) is 10.1. The lowest BCUT2D eigenvalue weighted by Gasteiger charge is -2.30. The van der Waals surface area contributed by atoms with Gasteiger partial charge in [-0.25, -0.2) is 0 Å². The molecule has 2 fully saturated rings. The van der Waals surface area contributed by atoms with Gasteiger partial charge in [-0.1, -0.05) is 12.5 Å². The second-order valence-corrected chi connectivity index (χ2v) is 8.96. The summed E-state index contributed by atoms with van der Waals surface area (Å²) in [5.41, 5.74) is 0.572. The third-order valence-electron chi connectivity index (χ3n) is 6.08. The quantitative estimate of drug-likeness (QED) is 0.386. The second kappa shape index (κ2) is 8.26. The van der Waals surface area contributed by atoms with Gasteiger partial charge in [-0.05, 0) is 71.8 Å². The van der Waals surface area contributed by atoms with Crippen LogP contribution in [0.4, 0.5) is 0 Å². The molecule has 5 nitrogen and oxygen atoms in total. The van der Waals surface area contributed by atoms with Gasteiger partial charge < -0.3 is 9.47 Å². The predicted molar refractivity (Wildman–Crippen MR) is 103 cm³/mol. The van der Waals surface area contributed by atoms with Gasteiger partial charge in [-0.15, -0.1) is 0 Å². The molecule has 1 unspecified atom stereocenters. The van der Waals surface area contributed by atoms with E-state index in [4.69, 9.17) is 9.47 Å². The highest BCUT2D eigenvalue weighted by Gasteiger charge is 2.56. The van der Waals surface area contributed by atoms with Crippen LogP contribution < -0.4 is 0 Å². The highest BCUT2D eigenvalue weighted by molar-refractivity contribution is 6.01. The highest BCUT2D eigenvalue weighted by Crippen LogP contribution is 2.44. The Kier molecular flexibility index (Phi) is 6.67. The molecular weight excluding hydrogens is 344 g/mol. The number of carbonyl (C=O) groups is 3. The summed E-state index contributed by atoms with van der Waals surface area (Å²) < 4.78 is 11.4. The van der Waals surface area contributed by atoms with Gasteiger partial charge in [0.2, 0.25) is 0 Å². The zero-order valence-electron chi connectivity index (χ0n) is 17.6. The lowest BCUT2D eigenvalue weighted by molar-refractivity contribution is -0.157. The fourth-order valence-electron chi connectivity index (χ4n) is 4.05. The van der Waals surface area contributed by atoms with Crippen LogP contribution in [0.15, 0.2) is 11.1 Å². The summed E-state index contributed by atoms with van der Waals surface area (Å²) in [6.45, 7) is 11.1. The van der Waals surface area contributed by atoms with Crippen molar-refractivity contribution < 1.29 is 23.9 Å². The van der Waals surface area contributed by atoms with Crippen molar-refractivity contribution >= 4 is 17.5 Å². The van der Waals surface area contributed by atoms with Crippen molar-refractivity contribution in [3.8, 4) is 0 Å². The number of esters is 1. The van der Waals surface area contributed by atoms with Gasteiger partial charge in [0.05, 0.1) is 0 Å². The topological polar surface area (TPSA) is 73.0 Å². The van der Waals surface area contributed by atoms with Gasteiger partial charge in [-0.2, -0.15) is 0 Å². The molecular formula is C22H34O5. The van der Waals surface area contributed by atoms with E-state index in [1.54, 1.807) is 0 Å². The molecule has 0 spiro atoms. The average molecular weight is 379 g/mol. The molecule has 152 valence electrons. The summed E-state index contributed by atoms with van der Waals surface area (Å²) >= 11 is 0. The Balaban J connectivity index is 2.26. The van der Waals surface area contributed by atoms with Crippen molar-refractivity contribution in [1.29, 1.82) is 0 Å². The van der Waals surface area contributed by atoms with Crippen LogP contribution in [0.25, 0.3) is 0 Å². The Morgan fingerprint density at radius 3 is 2.30 bits per heavy atom. The second-order valence-electron chi connectivity index (χ2n) is 8.96. The number of fused-ring (bicyclic) bond motifs is 1. The van der Waals surface area contributed by atoms with Crippen LogP contribution in [0.5, 0.6) is 0 Å². The number of epoxide rings is 1. The molecule has 0 radical (unpaired) electrons. The fraction of sp³-hybridized carbons (Fsp3) is 0.773. The van der Waals surface area contributed by atoms with E-state index < -0.39 is 17.3 Å². The fourth-order valence-corrected chi connectivity index (χ4v) is 4.05. The van der Waals surface area contributed by atoms with E-state index in [0.29, 0.717) is 25.7 Å². The molecule has 1 heterocycles. The number of rotatable bonds is 1. The van der Waals surface area contributed by atoms with Crippen molar-refractivity contribution in [2.75, 3.05) is 0 Å². The van der Waals surface area contributed by atoms with Crippen molar-refractivity contribution in [3.63, 3.8) is 0 Å². The Bertz CT molecular complexity index is 645. The number of Topliss-reactive ketones (excluding diaryl/α,β-unsaturated/α-hetero) is 2. The molecule has 2 rings (SSSR count). The molecule has 0 aromatic rings. The van der Waals surface area contributed by atoms with Crippen molar-refractivity contribution in [2.24, 2.45) is 5.92 Å². The lowest BCUT2D eigenvalue weighted by atomic mass is 9.84. The van der Waals surface area contributed by atoms with E-state index in [9.17, 15) is 14.4 Å². The van der Waals surface area contributed by atoms with Gasteiger partial charge >= 0.3 is 5.97 Å². The molecule has 0 aromatic heterocycles. The molecule has 1 saturated heterocycles. The van der Waals surface area contributed by atoms with Crippen LogP contribution in [0.1, 0.15) is 86.5 Å². The van der Waals surface area contributed by atoms with Crippen LogP contribution >= 0.6 is 0 Å². The minimum Gasteiger partial charge on any atom is -0.460 e. The van der Waals surface area contributed by atoms with Crippen LogP contribution in [0.3, 0.4) is 0 Å². The lowest BCUT2D eigenvalue weighted by Crippen LogP contribution is -2.33. The smallest absolute Gasteiger partial charge is 0.303 e. The number of ether oxygens (including phenoxy) is 2. The van der Waals surface area contributed by atoms with E-state index >= 15 is 0 Å². The number of ketones is 2. The zero-order chi connectivity index (χ0) is 20.4. The summed E-state index contributed by atoms with van der Waals surface area (Å²) in [7, 11) is 0. The summed E-state index contributed by atoms with van der Waals surface area (Å²) in [4.78, 5) is 37.1. The van der Waals surface area contributed by atoms with Gasteiger partial charge in [0, 0.05) is 19.3 Å². The molecule has 0 aromatic carbocycles. The molecule has 1 aliphatic carbocycles. The summed E-state index contributed by atoms with van der Waals surface area (Å²) in [6, 6.07) is 0.